The molecule has 2 rings (SSSR count). The van der Waals surface area contributed by atoms with Crippen molar-refractivity contribution >= 4 is 38.6 Å². The Balaban J connectivity index is 2.58. The summed E-state index contributed by atoms with van der Waals surface area (Å²) in [5.74, 6) is 0.401. The predicted molar refractivity (Wildman–Crippen MR) is 112 cm³/mol. The van der Waals surface area contributed by atoms with E-state index < -0.39 is 15.7 Å². The summed E-state index contributed by atoms with van der Waals surface area (Å²) in [4.78, 5) is 1.82. The number of thioether (sulfide) groups is 1. The molecule has 9 heteroatoms. The third-order valence-corrected chi connectivity index (χ3v) is 8.32. The summed E-state index contributed by atoms with van der Waals surface area (Å²) in [6.45, 7) is 8.46. The maximum atomic E-state index is 12.6. The van der Waals surface area contributed by atoms with Crippen LogP contribution in [0, 0.1) is 0 Å². The van der Waals surface area contributed by atoms with Crippen molar-refractivity contribution in [2.75, 3.05) is 26.9 Å². The van der Waals surface area contributed by atoms with Crippen molar-refractivity contribution in [1.29, 1.82) is 0 Å². The van der Waals surface area contributed by atoms with Crippen molar-refractivity contribution in [2.24, 2.45) is 0 Å². The fraction of sp³-hybridized carbons (Fsp3) is 0.611. The quantitative estimate of drug-likeness (QED) is 0.721. The summed E-state index contributed by atoms with van der Waals surface area (Å²) in [6.07, 6.45) is 0. The minimum atomic E-state index is -3.71. The van der Waals surface area contributed by atoms with E-state index in [2.05, 4.69) is 32.3 Å². The topological polar surface area (TPSA) is 63.9 Å². The Kier molecular flexibility index (Phi) is 6.59. The van der Waals surface area contributed by atoms with Gasteiger partial charge in [-0.1, -0.05) is 17.7 Å². The van der Waals surface area contributed by atoms with Crippen LogP contribution in [0.15, 0.2) is 23.1 Å². The molecule has 1 aromatic rings. The molecule has 152 valence electrons. The van der Waals surface area contributed by atoms with Crippen LogP contribution in [-0.4, -0.2) is 71.5 Å². The lowest BCUT2D eigenvalue weighted by atomic mass is 10.0. The molecule has 27 heavy (non-hydrogen) atoms. The van der Waals surface area contributed by atoms with Gasteiger partial charge in [-0.05, 0) is 51.6 Å². The predicted octanol–water partition coefficient (Wildman–Crippen LogP) is 2.60. The van der Waals surface area contributed by atoms with Crippen molar-refractivity contribution in [2.45, 2.75) is 50.4 Å². The van der Waals surface area contributed by atoms with Crippen molar-refractivity contribution in [3.63, 3.8) is 0 Å². The smallest absolute Gasteiger partial charge is 0.311 e. The summed E-state index contributed by atoms with van der Waals surface area (Å²) in [5, 5.41) is 12.5. The first kappa shape index (κ1) is 22.5. The van der Waals surface area contributed by atoms with E-state index in [1.54, 1.807) is 17.8 Å². The SMILES string of the molecule is CC(C)[N+](=C1SCC(O)(c2ccc(Cl)c(S(=O)(=O)N(C)C)c2)N1C)C(C)C. The highest BCUT2D eigenvalue weighted by Gasteiger charge is 2.51. The van der Waals surface area contributed by atoms with Gasteiger partial charge in [0.2, 0.25) is 15.7 Å². The average Bonchev–Trinajstić information content (AvgIpc) is 2.84. The summed E-state index contributed by atoms with van der Waals surface area (Å²) in [7, 11) is 1.04. The van der Waals surface area contributed by atoms with E-state index in [1.807, 2.05) is 11.9 Å². The largest absolute Gasteiger partial charge is 0.349 e. The van der Waals surface area contributed by atoms with E-state index in [0.717, 1.165) is 9.47 Å². The molecule has 1 unspecified atom stereocenters. The number of amidine groups is 1. The molecule has 0 aliphatic carbocycles. The van der Waals surface area contributed by atoms with E-state index >= 15 is 0 Å². The Hall–Kier alpha value is -0.800. The highest BCUT2D eigenvalue weighted by atomic mass is 35.5. The van der Waals surface area contributed by atoms with Crippen LogP contribution in [0.2, 0.25) is 5.02 Å². The summed E-state index contributed by atoms with van der Waals surface area (Å²) < 4.78 is 28.5. The second kappa shape index (κ2) is 7.91. The number of rotatable bonds is 5. The lowest BCUT2D eigenvalue weighted by Gasteiger charge is -2.28. The number of sulfonamides is 1. The zero-order valence-electron chi connectivity index (χ0n) is 16.9. The molecule has 1 N–H and O–H groups in total. The van der Waals surface area contributed by atoms with E-state index in [0.29, 0.717) is 11.3 Å². The molecular weight excluding hydrogens is 406 g/mol. The third-order valence-electron chi connectivity index (χ3n) is 4.73. The lowest BCUT2D eigenvalue weighted by Crippen LogP contribution is -2.46. The van der Waals surface area contributed by atoms with Gasteiger partial charge in [-0.3, -0.25) is 4.58 Å². The normalized spacial score (nSPS) is 21.0. The fourth-order valence-corrected chi connectivity index (χ4v) is 6.23. The second-order valence-corrected chi connectivity index (χ2v) is 10.9. The van der Waals surface area contributed by atoms with E-state index in [1.165, 1.54) is 26.2 Å². The molecule has 0 aromatic heterocycles. The van der Waals surface area contributed by atoms with Crippen molar-refractivity contribution < 1.29 is 18.1 Å². The van der Waals surface area contributed by atoms with Gasteiger partial charge in [0.1, 0.15) is 4.90 Å². The van der Waals surface area contributed by atoms with Gasteiger partial charge >= 0.3 is 5.17 Å². The number of nitrogens with zero attached hydrogens (tertiary/aromatic N) is 3. The first-order chi connectivity index (χ1) is 12.3. The molecule has 0 radical (unpaired) electrons. The van der Waals surface area contributed by atoms with Gasteiger partial charge in [0.15, 0.2) is 0 Å². The molecule has 0 saturated carbocycles. The average molecular weight is 435 g/mol. The van der Waals surface area contributed by atoms with Crippen LogP contribution < -0.4 is 0 Å². The molecule has 0 spiro atoms. The molecule has 6 nitrogen and oxygen atoms in total. The van der Waals surface area contributed by atoms with Crippen LogP contribution in [-0.2, 0) is 15.7 Å². The summed E-state index contributed by atoms with van der Waals surface area (Å²) >= 11 is 7.72. The molecule has 0 bridgehead atoms. The molecule has 1 fully saturated rings. The summed E-state index contributed by atoms with van der Waals surface area (Å²) in [5.41, 5.74) is -0.812. The Morgan fingerprint density at radius 1 is 1.26 bits per heavy atom. The Labute approximate surface area is 171 Å². The standard InChI is InChI=1S/C18H29ClN3O3S2/c1-12(2)22(13(3)4)17-21(7)18(23,11-26-17)14-8-9-15(19)16(10-14)27(24,25)20(5)6/h8-10,12-13,23H,11H2,1-7H3/q+1. The summed E-state index contributed by atoms with van der Waals surface area (Å²) in [6, 6.07) is 5.24. The zero-order valence-corrected chi connectivity index (χ0v) is 19.3. The first-order valence-electron chi connectivity index (χ1n) is 8.81. The van der Waals surface area contributed by atoms with E-state index in [4.69, 9.17) is 11.6 Å². The highest BCUT2D eigenvalue weighted by Crippen LogP contribution is 2.40. The number of hydrogen-bond donors (Lipinski definition) is 1. The molecule has 1 heterocycles. The molecule has 1 aromatic carbocycles. The van der Waals surface area contributed by atoms with Crippen LogP contribution in [0.3, 0.4) is 0 Å². The number of halogens is 1. The first-order valence-corrected chi connectivity index (χ1v) is 11.6. The monoisotopic (exact) mass is 434 g/mol. The van der Waals surface area contributed by atoms with Crippen LogP contribution in [0.4, 0.5) is 0 Å². The highest BCUT2D eigenvalue weighted by molar-refractivity contribution is 8.13. The van der Waals surface area contributed by atoms with Crippen molar-refractivity contribution in [3.8, 4) is 0 Å². The maximum Gasteiger partial charge on any atom is 0.311 e. The number of benzene rings is 1. The van der Waals surface area contributed by atoms with Crippen LogP contribution in [0.1, 0.15) is 33.3 Å². The van der Waals surface area contributed by atoms with Crippen LogP contribution in [0.5, 0.6) is 0 Å². The molecule has 1 aliphatic heterocycles. The zero-order chi connectivity index (χ0) is 20.7. The van der Waals surface area contributed by atoms with Gasteiger partial charge in [-0.25, -0.2) is 17.6 Å². The van der Waals surface area contributed by atoms with Gasteiger partial charge in [-0.15, -0.1) is 0 Å². The Morgan fingerprint density at radius 2 is 1.81 bits per heavy atom. The Morgan fingerprint density at radius 3 is 2.30 bits per heavy atom. The molecular formula is C18H29ClN3O3S2+. The minimum Gasteiger partial charge on any atom is -0.349 e. The van der Waals surface area contributed by atoms with Gasteiger partial charge in [0.25, 0.3) is 0 Å². The fourth-order valence-electron chi connectivity index (χ4n) is 3.23. The molecule has 1 atom stereocenters. The minimum absolute atomic E-state index is 0.00323. The van der Waals surface area contributed by atoms with Crippen LogP contribution >= 0.6 is 23.4 Å². The van der Waals surface area contributed by atoms with Gasteiger partial charge in [0.05, 0.1) is 29.9 Å². The van der Waals surface area contributed by atoms with Crippen LogP contribution in [0.25, 0.3) is 0 Å². The van der Waals surface area contributed by atoms with Crippen molar-refractivity contribution in [3.05, 3.63) is 28.8 Å². The number of aliphatic hydroxyl groups is 1. The lowest BCUT2D eigenvalue weighted by molar-refractivity contribution is -0.589. The van der Waals surface area contributed by atoms with Crippen molar-refractivity contribution in [1.82, 2.24) is 9.21 Å². The Bertz CT molecular complexity index is 843. The third kappa shape index (κ3) is 4.00. The second-order valence-electron chi connectivity index (χ2n) is 7.47. The van der Waals surface area contributed by atoms with Gasteiger partial charge < -0.3 is 5.11 Å². The number of hydrogen-bond acceptors (Lipinski definition) is 4. The molecule has 0 amide bonds. The van der Waals surface area contributed by atoms with Gasteiger partial charge in [0, 0.05) is 19.7 Å². The molecule has 1 saturated heterocycles. The molecule has 1 aliphatic rings. The van der Waals surface area contributed by atoms with Gasteiger partial charge in [-0.2, -0.15) is 0 Å². The van der Waals surface area contributed by atoms with E-state index in [-0.39, 0.29) is 22.0 Å². The van der Waals surface area contributed by atoms with E-state index in [9.17, 15) is 13.5 Å². The maximum absolute atomic E-state index is 12.6.